The summed E-state index contributed by atoms with van der Waals surface area (Å²) in [6.07, 6.45) is 4.62. The van der Waals surface area contributed by atoms with Crippen LogP contribution in [0.15, 0.2) is 59.5 Å². The Morgan fingerprint density at radius 1 is 1.15 bits per heavy atom. The second-order valence-corrected chi connectivity index (χ2v) is 8.52. The highest BCUT2D eigenvalue weighted by molar-refractivity contribution is 5.94. The Balaban J connectivity index is 1.58. The van der Waals surface area contributed by atoms with Crippen LogP contribution in [0.5, 0.6) is 5.75 Å². The Labute approximate surface area is 196 Å². The number of rotatable bonds is 8. The second kappa shape index (κ2) is 9.70. The molecule has 0 radical (unpaired) electrons. The monoisotopic (exact) mass is 460 g/mol. The van der Waals surface area contributed by atoms with E-state index in [0.717, 1.165) is 24.8 Å². The summed E-state index contributed by atoms with van der Waals surface area (Å²) in [5, 5.41) is 20.3. The standard InChI is InChI=1S/C25H28N6O3/c26-18-10-17(11-20(32)12-18)21-8-9-31(30-19-2-1-3-19)25(34)22(21)13-23(33)29-14-15-4-6-16(7-5-15)24(27)28/h4-12,19,30,32H,1-3,13-14,26H2,(H3,27,28)(H,29,33). The van der Waals surface area contributed by atoms with E-state index in [9.17, 15) is 14.7 Å². The number of anilines is 1. The molecule has 0 saturated heterocycles. The lowest BCUT2D eigenvalue weighted by atomic mass is 9.94. The Morgan fingerprint density at radius 3 is 2.50 bits per heavy atom. The van der Waals surface area contributed by atoms with E-state index >= 15 is 0 Å². The summed E-state index contributed by atoms with van der Waals surface area (Å²) in [6, 6.07) is 13.6. The van der Waals surface area contributed by atoms with Crippen molar-refractivity contribution in [2.75, 3.05) is 11.2 Å². The molecule has 2 aromatic carbocycles. The van der Waals surface area contributed by atoms with Gasteiger partial charge >= 0.3 is 0 Å². The number of carbonyl (C=O) groups is 1. The highest BCUT2D eigenvalue weighted by Gasteiger charge is 2.20. The summed E-state index contributed by atoms with van der Waals surface area (Å²) in [7, 11) is 0. The molecule has 1 aromatic heterocycles. The molecule has 9 nitrogen and oxygen atoms in total. The molecular weight excluding hydrogens is 432 g/mol. The quantitative estimate of drug-likeness (QED) is 0.171. The number of benzene rings is 2. The first kappa shape index (κ1) is 22.9. The lowest BCUT2D eigenvalue weighted by Gasteiger charge is -2.28. The van der Waals surface area contributed by atoms with Gasteiger partial charge < -0.3 is 27.3 Å². The van der Waals surface area contributed by atoms with Crippen molar-refractivity contribution in [2.24, 2.45) is 5.73 Å². The van der Waals surface area contributed by atoms with Crippen molar-refractivity contribution in [1.82, 2.24) is 9.99 Å². The van der Waals surface area contributed by atoms with E-state index in [1.165, 1.54) is 16.8 Å². The molecule has 0 atom stereocenters. The van der Waals surface area contributed by atoms with Gasteiger partial charge in [-0.3, -0.25) is 15.0 Å². The Hall–Kier alpha value is -4.27. The molecule has 0 bridgehead atoms. The maximum absolute atomic E-state index is 13.3. The molecule has 8 N–H and O–H groups in total. The number of carbonyl (C=O) groups excluding carboxylic acids is 1. The molecule has 3 aromatic rings. The molecule has 1 heterocycles. The molecule has 1 aliphatic rings. The molecule has 9 heteroatoms. The zero-order valence-corrected chi connectivity index (χ0v) is 18.7. The molecule has 1 aliphatic carbocycles. The normalized spacial score (nSPS) is 13.2. The van der Waals surface area contributed by atoms with E-state index in [-0.39, 0.29) is 42.1 Å². The van der Waals surface area contributed by atoms with Crippen LogP contribution in [0.1, 0.15) is 36.0 Å². The van der Waals surface area contributed by atoms with Gasteiger partial charge in [0.2, 0.25) is 5.91 Å². The van der Waals surface area contributed by atoms with Crippen molar-refractivity contribution in [1.29, 1.82) is 5.41 Å². The Morgan fingerprint density at radius 2 is 1.88 bits per heavy atom. The molecule has 1 fully saturated rings. The fourth-order valence-electron chi connectivity index (χ4n) is 3.87. The van der Waals surface area contributed by atoms with Crippen LogP contribution in [-0.2, 0) is 17.8 Å². The third-order valence-electron chi connectivity index (χ3n) is 5.96. The zero-order chi connectivity index (χ0) is 24.2. The number of phenolic OH excluding ortho intramolecular Hbond substituents is 1. The predicted octanol–water partition coefficient (Wildman–Crippen LogP) is 2.04. The summed E-state index contributed by atoms with van der Waals surface area (Å²) in [6.45, 7) is 0.271. The third-order valence-corrected chi connectivity index (χ3v) is 5.96. The van der Waals surface area contributed by atoms with Gasteiger partial charge in [-0.1, -0.05) is 24.3 Å². The lowest BCUT2D eigenvalue weighted by molar-refractivity contribution is -0.120. The van der Waals surface area contributed by atoms with Crippen molar-refractivity contribution in [3.05, 3.63) is 81.8 Å². The molecule has 176 valence electrons. The highest BCUT2D eigenvalue weighted by atomic mass is 16.3. The molecular formula is C25H28N6O3. The van der Waals surface area contributed by atoms with E-state index < -0.39 is 0 Å². The number of phenols is 1. The fraction of sp³-hybridized carbons (Fsp3) is 0.240. The summed E-state index contributed by atoms with van der Waals surface area (Å²) < 4.78 is 1.43. The zero-order valence-electron chi connectivity index (χ0n) is 18.7. The van der Waals surface area contributed by atoms with E-state index in [1.807, 2.05) is 0 Å². The minimum Gasteiger partial charge on any atom is -0.508 e. The number of nitrogens with two attached hydrogens (primary N) is 2. The SMILES string of the molecule is N=C(N)c1ccc(CNC(=O)Cc2c(-c3cc(N)cc(O)c3)ccn(NC3CCC3)c2=O)cc1. The van der Waals surface area contributed by atoms with E-state index in [4.69, 9.17) is 16.9 Å². The van der Waals surface area contributed by atoms with Gasteiger partial charge in [0.1, 0.15) is 11.6 Å². The Kier molecular flexibility index (Phi) is 6.53. The van der Waals surface area contributed by atoms with Crippen molar-refractivity contribution in [3.63, 3.8) is 0 Å². The van der Waals surface area contributed by atoms with Crippen molar-refractivity contribution < 1.29 is 9.90 Å². The third kappa shape index (κ3) is 5.20. The maximum atomic E-state index is 13.3. The molecule has 0 aliphatic heterocycles. The summed E-state index contributed by atoms with van der Waals surface area (Å²) in [5.74, 6) is -0.355. The summed E-state index contributed by atoms with van der Waals surface area (Å²) in [4.78, 5) is 26.1. The molecule has 1 saturated carbocycles. The molecule has 0 unspecified atom stereocenters. The van der Waals surface area contributed by atoms with Gasteiger partial charge in [0.25, 0.3) is 5.56 Å². The molecule has 4 rings (SSSR count). The smallest absolute Gasteiger partial charge is 0.273 e. The van der Waals surface area contributed by atoms with Crippen LogP contribution in [0.2, 0.25) is 0 Å². The van der Waals surface area contributed by atoms with Crippen LogP contribution in [-0.4, -0.2) is 27.6 Å². The number of hydrogen-bond donors (Lipinski definition) is 6. The summed E-state index contributed by atoms with van der Waals surface area (Å²) in [5.41, 5.74) is 17.5. The number of nitrogen functional groups attached to an aromatic ring is 2. The first-order chi connectivity index (χ1) is 16.3. The highest BCUT2D eigenvalue weighted by Crippen LogP contribution is 2.28. The number of hydrogen-bond acceptors (Lipinski definition) is 6. The van der Waals surface area contributed by atoms with E-state index in [2.05, 4.69) is 10.7 Å². The van der Waals surface area contributed by atoms with Crippen LogP contribution in [0, 0.1) is 5.41 Å². The number of pyridine rings is 1. The van der Waals surface area contributed by atoms with Gasteiger partial charge in [-0.05, 0) is 54.2 Å². The van der Waals surface area contributed by atoms with Crippen LogP contribution in [0.3, 0.4) is 0 Å². The number of amides is 1. The van der Waals surface area contributed by atoms with Gasteiger partial charge in [0, 0.05) is 41.7 Å². The second-order valence-electron chi connectivity index (χ2n) is 8.52. The van der Waals surface area contributed by atoms with Gasteiger partial charge in [-0.15, -0.1) is 0 Å². The van der Waals surface area contributed by atoms with E-state index in [0.29, 0.717) is 27.9 Å². The van der Waals surface area contributed by atoms with Crippen LogP contribution in [0.4, 0.5) is 5.69 Å². The number of nitrogens with one attached hydrogen (secondary N) is 3. The van der Waals surface area contributed by atoms with Gasteiger partial charge in [0.15, 0.2) is 0 Å². The maximum Gasteiger partial charge on any atom is 0.273 e. The van der Waals surface area contributed by atoms with Gasteiger partial charge in [0.05, 0.1) is 6.42 Å². The van der Waals surface area contributed by atoms with Crippen LogP contribution in [0.25, 0.3) is 11.1 Å². The van der Waals surface area contributed by atoms with Crippen molar-refractivity contribution in [2.45, 2.75) is 38.3 Å². The first-order valence-corrected chi connectivity index (χ1v) is 11.1. The Bertz CT molecular complexity index is 1260. The molecule has 1 amide bonds. The van der Waals surface area contributed by atoms with Gasteiger partial charge in [-0.2, -0.15) is 0 Å². The number of aromatic nitrogens is 1. The van der Waals surface area contributed by atoms with Gasteiger partial charge in [-0.25, -0.2) is 4.68 Å². The van der Waals surface area contributed by atoms with Crippen LogP contribution < -0.4 is 27.8 Å². The fourth-order valence-corrected chi connectivity index (χ4v) is 3.87. The minimum atomic E-state index is -0.316. The minimum absolute atomic E-state index is 0.0174. The molecule has 34 heavy (non-hydrogen) atoms. The largest absolute Gasteiger partial charge is 0.508 e. The van der Waals surface area contributed by atoms with E-state index in [1.54, 1.807) is 42.6 Å². The van der Waals surface area contributed by atoms with Crippen LogP contribution >= 0.6 is 0 Å². The predicted molar refractivity (Wildman–Crippen MR) is 132 cm³/mol. The number of aromatic hydroxyl groups is 1. The average Bonchev–Trinajstić information content (AvgIpc) is 2.76. The number of amidine groups is 1. The van der Waals surface area contributed by atoms with Crippen molar-refractivity contribution >= 4 is 17.4 Å². The average molecular weight is 461 g/mol. The molecule has 0 spiro atoms. The van der Waals surface area contributed by atoms with Crippen molar-refractivity contribution in [3.8, 4) is 16.9 Å². The number of nitrogens with zero attached hydrogens (tertiary/aromatic N) is 1. The lowest BCUT2D eigenvalue weighted by Crippen LogP contribution is -2.41. The summed E-state index contributed by atoms with van der Waals surface area (Å²) >= 11 is 0. The first-order valence-electron chi connectivity index (χ1n) is 11.1. The topological polar surface area (TPSA) is 159 Å².